The van der Waals surface area contributed by atoms with Crippen molar-refractivity contribution in [2.75, 3.05) is 6.61 Å². The van der Waals surface area contributed by atoms with Crippen molar-refractivity contribution < 1.29 is 9.53 Å². The smallest absolute Gasteiger partial charge is 0.203 e. The van der Waals surface area contributed by atoms with E-state index in [0.29, 0.717) is 23.6 Å². The quantitative estimate of drug-likeness (QED) is 0.745. The summed E-state index contributed by atoms with van der Waals surface area (Å²) in [5.74, 6) is 2.66. The van der Waals surface area contributed by atoms with Gasteiger partial charge in [-0.05, 0) is 61.9 Å². The summed E-state index contributed by atoms with van der Waals surface area (Å²) in [4.78, 5) is 12.8. The first-order chi connectivity index (χ1) is 8.59. The molecule has 4 fully saturated rings. The molecule has 4 aliphatic carbocycles. The van der Waals surface area contributed by atoms with Crippen LogP contribution in [-0.4, -0.2) is 12.4 Å². The fourth-order valence-electron chi connectivity index (χ4n) is 5.82. The van der Waals surface area contributed by atoms with Gasteiger partial charge in [0.2, 0.25) is 5.78 Å². The molecular formula is C16H22O2. The molecule has 5 aliphatic rings. The molecule has 1 heterocycles. The van der Waals surface area contributed by atoms with Crippen molar-refractivity contribution in [3.05, 3.63) is 11.8 Å². The van der Waals surface area contributed by atoms with Crippen LogP contribution in [-0.2, 0) is 9.53 Å². The van der Waals surface area contributed by atoms with Crippen LogP contribution in [0.4, 0.5) is 0 Å². The molecule has 2 unspecified atom stereocenters. The molecule has 18 heavy (non-hydrogen) atoms. The van der Waals surface area contributed by atoms with E-state index in [0.717, 1.165) is 37.5 Å². The third-order valence-corrected chi connectivity index (χ3v) is 5.76. The van der Waals surface area contributed by atoms with Crippen molar-refractivity contribution in [1.82, 2.24) is 0 Å². The van der Waals surface area contributed by atoms with Crippen LogP contribution in [0.1, 0.15) is 51.9 Å². The van der Waals surface area contributed by atoms with Crippen molar-refractivity contribution >= 4 is 5.78 Å². The van der Waals surface area contributed by atoms with Crippen molar-refractivity contribution in [2.24, 2.45) is 22.7 Å². The summed E-state index contributed by atoms with van der Waals surface area (Å²) in [7, 11) is 0. The van der Waals surface area contributed by atoms with Crippen molar-refractivity contribution in [3.8, 4) is 0 Å². The van der Waals surface area contributed by atoms with Crippen LogP contribution in [0.3, 0.4) is 0 Å². The van der Waals surface area contributed by atoms with Gasteiger partial charge in [-0.2, -0.15) is 0 Å². The number of carbonyl (C=O) groups is 1. The Labute approximate surface area is 109 Å². The first-order valence-corrected chi connectivity index (χ1v) is 7.46. The highest BCUT2D eigenvalue weighted by atomic mass is 16.5. The van der Waals surface area contributed by atoms with Crippen molar-refractivity contribution in [3.63, 3.8) is 0 Å². The van der Waals surface area contributed by atoms with Gasteiger partial charge in [-0.3, -0.25) is 4.79 Å². The van der Waals surface area contributed by atoms with Crippen molar-refractivity contribution in [1.29, 1.82) is 0 Å². The maximum absolute atomic E-state index is 12.8. The summed E-state index contributed by atoms with van der Waals surface area (Å²) in [5, 5.41) is 0. The van der Waals surface area contributed by atoms with E-state index in [1.807, 2.05) is 6.08 Å². The first-order valence-electron chi connectivity index (χ1n) is 7.46. The van der Waals surface area contributed by atoms with E-state index in [1.165, 1.54) is 19.3 Å². The minimum atomic E-state index is -0.0466. The molecule has 0 spiro atoms. The van der Waals surface area contributed by atoms with E-state index >= 15 is 0 Å². The molecular weight excluding hydrogens is 224 g/mol. The molecule has 2 heteroatoms. The Bertz CT molecular complexity index is 420. The molecule has 0 aromatic heterocycles. The molecule has 0 N–H and O–H groups in total. The lowest BCUT2D eigenvalue weighted by molar-refractivity contribution is -0.152. The van der Waals surface area contributed by atoms with Gasteiger partial charge in [-0.25, -0.2) is 0 Å². The van der Waals surface area contributed by atoms with E-state index in [2.05, 4.69) is 6.92 Å². The van der Waals surface area contributed by atoms with Crippen molar-refractivity contribution in [2.45, 2.75) is 51.9 Å². The summed E-state index contributed by atoms with van der Waals surface area (Å²) in [6, 6.07) is 0. The number of allylic oxidation sites excluding steroid dienone is 1. The van der Waals surface area contributed by atoms with Gasteiger partial charge in [0.15, 0.2) is 5.76 Å². The molecule has 0 aromatic rings. The summed E-state index contributed by atoms with van der Waals surface area (Å²) in [6.07, 6.45) is 10.4. The molecule has 0 radical (unpaired) electrons. The first kappa shape index (κ1) is 11.1. The van der Waals surface area contributed by atoms with E-state index in [9.17, 15) is 4.79 Å². The van der Waals surface area contributed by atoms with Crippen LogP contribution in [0, 0.1) is 22.7 Å². The zero-order valence-electron chi connectivity index (χ0n) is 11.2. The second-order valence-corrected chi connectivity index (χ2v) is 7.59. The Morgan fingerprint density at radius 2 is 2.00 bits per heavy atom. The van der Waals surface area contributed by atoms with Crippen LogP contribution in [0.25, 0.3) is 0 Å². The largest absolute Gasteiger partial charge is 0.490 e. The molecule has 2 atom stereocenters. The molecule has 98 valence electrons. The van der Waals surface area contributed by atoms with Gasteiger partial charge in [0.1, 0.15) is 0 Å². The Hall–Kier alpha value is -0.790. The van der Waals surface area contributed by atoms with E-state index in [4.69, 9.17) is 4.74 Å². The Morgan fingerprint density at radius 1 is 1.28 bits per heavy atom. The minimum Gasteiger partial charge on any atom is -0.490 e. The third kappa shape index (κ3) is 1.44. The van der Waals surface area contributed by atoms with E-state index < -0.39 is 0 Å². The highest BCUT2D eigenvalue weighted by molar-refractivity contribution is 5.98. The average Bonchev–Trinajstić information content (AvgIpc) is 2.77. The van der Waals surface area contributed by atoms with Crippen LogP contribution < -0.4 is 0 Å². The minimum absolute atomic E-state index is 0.0466. The predicted molar refractivity (Wildman–Crippen MR) is 68.9 cm³/mol. The number of carbonyl (C=O) groups excluding carboxylic acids is 1. The Kier molecular flexibility index (Phi) is 2.09. The Balaban J connectivity index is 1.69. The lowest BCUT2D eigenvalue weighted by Gasteiger charge is -2.60. The molecule has 0 aromatic carbocycles. The number of Topliss-reactive ketones (excluding diaryl/α,β-unsaturated/α-hetero) is 1. The Morgan fingerprint density at radius 3 is 2.56 bits per heavy atom. The van der Waals surface area contributed by atoms with Gasteiger partial charge in [-0.15, -0.1) is 0 Å². The zero-order chi connectivity index (χ0) is 12.4. The summed E-state index contributed by atoms with van der Waals surface area (Å²) in [6.45, 7) is 3.12. The van der Waals surface area contributed by atoms with Gasteiger partial charge in [0.05, 0.1) is 6.61 Å². The second kappa shape index (κ2) is 3.40. The standard InChI is InChI=1S/C16H22O2/c1-15-6-11-5-12(7-15)9-16(8-11,10-15)14(17)13-3-2-4-18-13/h3,11-12H,2,4-10H2,1H3. The van der Waals surface area contributed by atoms with Gasteiger partial charge in [-0.1, -0.05) is 6.92 Å². The highest BCUT2D eigenvalue weighted by Crippen LogP contribution is 2.65. The van der Waals surface area contributed by atoms with Crippen LogP contribution in [0.2, 0.25) is 0 Å². The predicted octanol–water partition coefficient (Wildman–Crippen LogP) is 3.47. The molecule has 0 amide bonds. The number of hydrogen-bond acceptors (Lipinski definition) is 2. The fraction of sp³-hybridized carbons (Fsp3) is 0.812. The van der Waals surface area contributed by atoms with Crippen LogP contribution >= 0.6 is 0 Å². The van der Waals surface area contributed by atoms with E-state index in [-0.39, 0.29) is 5.41 Å². The molecule has 1 aliphatic heterocycles. The summed E-state index contributed by atoms with van der Waals surface area (Å²) >= 11 is 0. The highest BCUT2D eigenvalue weighted by Gasteiger charge is 2.59. The number of ether oxygens (including phenoxy) is 1. The molecule has 5 rings (SSSR count). The number of rotatable bonds is 2. The van der Waals surface area contributed by atoms with Gasteiger partial charge >= 0.3 is 0 Å². The summed E-state index contributed by atoms with van der Waals surface area (Å²) < 4.78 is 5.55. The average molecular weight is 246 g/mol. The lowest BCUT2D eigenvalue weighted by Crippen LogP contribution is -2.54. The maximum Gasteiger partial charge on any atom is 0.203 e. The van der Waals surface area contributed by atoms with E-state index in [1.54, 1.807) is 0 Å². The topological polar surface area (TPSA) is 26.3 Å². The van der Waals surface area contributed by atoms with Gasteiger partial charge < -0.3 is 4.74 Å². The number of hydrogen-bond donors (Lipinski definition) is 0. The zero-order valence-corrected chi connectivity index (χ0v) is 11.2. The lowest BCUT2D eigenvalue weighted by atomic mass is 9.43. The third-order valence-electron chi connectivity index (χ3n) is 5.76. The molecule has 2 nitrogen and oxygen atoms in total. The second-order valence-electron chi connectivity index (χ2n) is 7.59. The van der Waals surface area contributed by atoms with Gasteiger partial charge in [0, 0.05) is 11.8 Å². The molecule has 4 bridgehead atoms. The SMILES string of the molecule is CC12CC3CC(C1)CC(C(=O)C1=CCCO1)(C3)C2. The maximum atomic E-state index is 12.8. The summed E-state index contributed by atoms with van der Waals surface area (Å²) in [5.41, 5.74) is 0.397. The number of ketones is 1. The van der Waals surface area contributed by atoms with Crippen LogP contribution in [0.5, 0.6) is 0 Å². The monoisotopic (exact) mass is 246 g/mol. The van der Waals surface area contributed by atoms with Crippen LogP contribution in [0.15, 0.2) is 11.8 Å². The fourth-order valence-corrected chi connectivity index (χ4v) is 5.82. The molecule has 0 saturated heterocycles. The molecule has 4 saturated carbocycles. The normalized spacial score (nSPS) is 49.1. The van der Waals surface area contributed by atoms with Gasteiger partial charge in [0.25, 0.3) is 0 Å².